The van der Waals surface area contributed by atoms with Gasteiger partial charge in [-0.25, -0.2) is 0 Å². The second kappa shape index (κ2) is 3.10. The van der Waals surface area contributed by atoms with Crippen LogP contribution in [0.2, 0.25) is 0 Å². The lowest BCUT2D eigenvalue weighted by molar-refractivity contribution is -0.379. The maximum atomic E-state index is 10.4. The summed E-state index contributed by atoms with van der Waals surface area (Å²) in [4.78, 5) is 10.4. The van der Waals surface area contributed by atoms with E-state index in [1.165, 1.54) is 0 Å². The van der Waals surface area contributed by atoms with Crippen LogP contribution in [0, 0.1) is 11.8 Å². The fraction of sp³-hybridized carbons (Fsp3) is 0.111. The Morgan fingerprint density at radius 1 is 1.55 bits per heavy atom. The monoisotopic (exact) mass is 148 g/mol. The van der Waals surface area contributed by atoms with E-state index in [2.05, 4.69) is 6.58 Å². The van der Waals surface area contributed by atoms with Crippen molar-refractivity contribution in [1.29, 1.82) is 0 Å². The Morgan fingerprint density at radius 3 is 2.82 bits per heavy atom. The molecule has 0 aliphatic carbocycles. The van der Waals surface area contributed by atoms with E-state index in [1.54, 1.807) is 12.1 Å². The molecule has 1 aromatic carbocycles. The predicted octanol–water partition coefficient (Wildman–Crippen LogP) is 1.12. The molecule has 0 aliphatic heterocycles. The molecule has 1 N–H and O–H groups in total. The highest BCUT2D eigenvalue weighted by Gasteiger charge is 2.03. The van der Waals surface area contributed by atoms with E-state index in [9.17, 15) is 4.91 Å². The van der Waals surface area contributed by atoms with Crippen molar-refractivity contribution in [3.05, 3.63) is 40.8 Å². The molecule has 0 bridgehead atoms. The third-order valence-electron chi connectivity index (χ3n) is 1.54. The van der Waals surface area contributed by atoms with Gasteiger partial charge in [0.25, 0.3) is 5.69 Å². The van der Waals surface area contributed by atoms with Gasteiger partial charge in [-0.3, -0.25) is 0 Å². The van der Waals surface area contributed by atoms with Gasteiger partial charge in [0.2, 0.25) is 0 Å². The molecule has 0 aliphatic rings. The van der Waals surface area contributed by atoms with Gasteiger partial charge in [0, 0.05) is 21.7 Å². The van der Waals surface area contributed by atoms with Gasteiger partial charge in [0.15, 0.2) is 0 Å². The van der Waals surface area contributed by atoms with Crippen LogP contribution >= 0.6 is 0 Å². The molecule has 0 unspecified atom stereocenters. The highest BCUT2D eigenvalue weighted by atomic mass is 16.3. The van der Waals surface area contributed by atoms with E-state index in [0.717, 1.165) is 11.1 Å². The number of hydrogen-bond donors (Lipinski definition) is 1. The molecule has 0 radical (unpaired) electrons. The van der Waals surface area contributed by atoms with Gasteiger partial charge in [-0.15, -0.1) is 0 Å². The van der Waals surface area contributed by atoms with Crippen LogP contribution in [0.15, 0.2) is 24.8 Å². The topological polar surface area (TPSA) is 31.0 Å². The maximum Gasteiger partial charge on any atom is 0.260 e. The van der Waals surface area contributed by atoms with Gasteiger partial charge in [-0.1, -0.05) is 18.7 Å². The third-order valence-corrected chi connectivity index (χ3v) is 1.54. The Hall–Kier alpha value is -1.44. The van der Waals surface area contributed by atoms with E-state index in [0.29, 0.717) is 5.69 Å². The zero-order chi connectivity index (χ0) is 8.27. The molecule has 2 heteroatoms. The van der Waals surface area contributed by atoms with E-state index < -0.39 is 0 Å². The van der Waals surface area contributed by atoms with Crippen LogP contribution in [0.3, 0.4) is 0 Å². The zero-order valence-corrected chi connectivity index (χ0v) is 6.42. The van der Waals surface area contributed by atoms with Crippen LogP contribution in [0.4, 0.5) is 5.69 Å². The highest BCUT2D eigenvalue weighted by Crippen LogP contribution is 2.12. The molecule has 2 nitrogen and oxygen atoms in total. The fourth-order valence-electron chi connectivity index (χ4n) is 0.937. The summed E-state index contributed by atoms with van der Waals surface area (Å²) in [5, 5.41) is 1.87. The Kier molecular flexibility index (Phi) is 2.16. The average Bonchev–Trinajstić information content (AvgIpc) is 2.04. The molecular formula is C9H10NO+. The Labute approximate surface area is 65.5 Å². The van der Waals surface area contributed by atoms with E-state index in [-0.39, 0.29) is 0 Å². The Balaban J connectivity index is 3.26. The summed E-state index contributed by atoms with van der Waals surface area (Å²) >= 11 is 0. The number of nitrogens with one attached hydrogen (secondary N) is 1. The number of benzene rings is 1. The largest absolute Gasteiger partial charge is 0.260 e. The third kappa shape index (κ3) is 1.52. The van der Waals surface area contributed by atoms with Crippen molar-refractivity contribution in [2.75, 3.05) is 0 Å². The lowest BCUT2D eigenvalue weighted by Gasteiger charge is -1.92. The number of nitroso groups, excluding NO2 is 1. The standard InChI is InChI=1S/C9H9NO/c1-3-8-5-4-7(2)6-9(8)10-11/h3-6H,1H2,2H3/p+1. The minimum absolute atomic E-state index is 0.583. The molecule has 0 heterocycles. The van der Waals surface area contributed by atoms with Gasteiger partial charge in [0.1, 0.15) is 0 Å². The van der Waals surface area contributed by atoms with Crippen molar-refractivity contribution in [3.63, 3.8) is 0 Å². The number of rotatable bonds is 2. The summed E-state index contributed by atoms with van der Waals surface area (Å²) in [6, 6.07) is 5.60. The van der Waals surface area contributed by atoms with Crippen LogP contribution in [0.25, 0.3) is 6.08 Å². The fourth-order valence-corrected chi connectivity index (χ4v) is 0.937. The highest BCUT2D eigenvalue weighted by molar-refractivity contribution is 5.59. The molecule has 11 heavy (non-hydrogen) atoms. The first-order valence-corrected chi connectivity index (χ1v) is 3.39. The quantitative estimate of drug-likeness (QED) is 0.669. The summed E-state index contributed by atoms with van der Waals surface area (Å²) in [6.07, 6.45) is 1.65. The molecule has 0 fully saturated rings. The lowest BCUT2D eigenvalue weighted by Crippen LogP contribution is -2.56. The van der Waals surface area contributed by atoms with Crippen LogP contribution < -0.4 is 5.18 Å². The summed E-state index contributed by atoms with van der Waals surface area (Å²) in [5.74, 6) is 0. The van der Waals surface area contributed by atoms with Gasteiger partial charge in [0.05, 0.1) is 0 Å². The Bertz CT molecular complexity index is 292. The predicted molar refractivity (Wildman–Crippen MR) is 45.3 cm³/mol. The molecule has 0 atom stereocenters. The SMILES string of the molecule is C=Cc1ccc(C)cc1[NH+]=O. The Morgan fingerprint density at radius 2 is 2.27 bits per heavy atom. The van der Waals surface area contributed by atoms with E-state index in [4.69, 9.17) is 0 Å². The second-order valence-electron chi connectivity index (χ2n) is 2.40. The lowest BCUT2D eigenvalue weighted by atomic mass is 10.1. The van der Waals surface area contributed by atoms with Gasteiger partial charge in [-0.05, 0) is 18.6 Å². The molecule has 0 spiro atoms. The first kappa shape index (κ1) is 7.66. The summed E-state index contributed by atoms with van der Waals surface area (Å²) in [7, 11) is 0. The van der Waals surface area contributed by atoms with E-state index >= 15 is 0 Å². The smallest absolute Gasteiger partial charge is 0.0982 e. The van der Waals surface area contributed by atoms with Crippen molar-refractivity contribution in [3.8, 4) is 0 Å². The maximum absolute atomic E-state index is 10.4. The minimum Gasteiger partial charge on any atom is -0.0982 e. The first-order valence-electron chi connectivity index (χ1n) is 3.39. The summed E-state index contributed by atoms with van der Waals surface area (Å²) in [5.41, 5.74) is 2.49. The van der Waals surface area contributed by atoms with Crippen molar-refractivity contribution < 1.29 is 5.18 Å². The molecule has 0 amide bonds. The van der Waals surface area contributed by atoms with Gasteiger partial charge < -0.3 is 0 Å². The zero-order valence-electron chi connectivity index (χ0n) is 6.42. The number of aryl methyl sites for hydroxylation is 1. The van der Waals surface area contributed by atoms with Crippen LogP contribution in [-0.4, -0.2) is 0 Å². The second-order valence-corrected chi connectivity index (χ2v) is 2.40. The average molecular weight is 148 g/mol. The van der Waals surface area contributed by atoms with E-state index in [1.807, 2.05) is 24.2 Å². The molecule has 56 valence electrons. The van der Waals surface area contributed by atoms with Crippen LogP contribution in [0.1, 0.15) is 11.1 Å². The van der Waals surface area contributed by atoms with Gasteiger partial charge >= 0.3 is 0 Å². The summed E-state index contributed by atoms with van der Waals surface area (Å²) < 4.78 is 0. The van der Waals surface area contributed by atoms with Crippen molar-refractivity contribution >= 4 is 11.8 Å². The normalized spacial score (nSPS) is 9.18. The molecule has 1 aromatic rings. The van der Waals surface area contributed by atoms with Crippen molar-refractivity contribution in [1.82, 2.24) is 0 Å². The van der Waals surface area contributed by atoms with Crippen LogP contribution in [-0.2, 0) is 0 Å². The van der Waals surface area contributed by atoms with Crippen LogP contribution in [0.5, 0.6) is 0 Å². The van der Waals surface area contributed by atoms with Crippen molar-refractivity contribution in [2.45, 2.75) is 6.92 Å². The summed E-state index contributed by atoms with van der Waals surface area (Å²) in [6.45, 7) is 5.53. The first-order chi connectivity index (χ1) is 5.27. The molecule has 0 aromatic heterocycles. The molecular weight excluding hydrogens is 138 g/mol. The minimum atomic E-state index is 0.583. The molecule has 0 saturated carbocycles. The number of hydrogen-bond acceptors (Lipinski definition) is 1. The van der Waals surface area contributed by atoms with Gasteiger partial charge in [-0.2, -0.15) is 0 Å². The van der Waals surface area contributed by atoms with Crippen molar-refractivity contribution in [2.24, 2.45) is 0 Å². The molecule has 0 saturated heterocycles. The molecule has 1 rings (SSSR count).